The van der Waals surface area contributed by atoms with E-state index < -0.39 is 10.8 Å². The van der Waals surface area contributed by atoms with Crippen LogP contribution in [0.25, 0.3) is 0 Å². The summed E-state index contributed by atoms with van der Waals surface area (Å²) in [5.41, 5.74) is 5.81. The lowest BCUT2D eigenvalue weighted by molar-refractivity contribution is 0.605. The van der Waals surface area contributed by atoms with Crippen molar-refractivity contribution in [3.05, 3.63) is 30.1 Å². The standard InChI is InChI=1S/C11H16FNOS/c1-3-11(13)8(2)15(14)10-6-4-5-9(12)7-10/h4-8,11H,3,13H2,1-2H3. The van der Waals surface area contributed by atoms with E-state index in [2.05, 4.69) is 0 Å². The molecule has 0 saturated heterocycles. The van der Waals surface area contributed by atoms with E-state index in [1.807, 2.05) is 13.8 Å². The highest BCUT2D eigenvalue weighted by Crippen LogP contribution is 2.15. The molecule has 84 valence electrons. The molecule has 3 unspecified atom stereocenters. The molecule has 0 aliphatic carbocycles. The van der Waals surface area contributed by atoms with Crippen molar-refractivity contribution in [2.24, 2.45) is 5.73 Å². The Bertz CT molecular complexity index is 356. The van der Waals surface area contributed by atoms with Gasteiger partial charge in [-0.2, -0.15) is 0 Å². The second kappa shape index (κ2) is 5.37. The molecular weight excluding hydrogens is 213 g/mol. The van der Waals surface area contributed by atoms with Gasteiger partial charge < -0.3 is 5.73 Å². The second-order valence-corrected chi connectivity index (χ2v) is 5.34. The molecule has 0 spiro atoms. The third-order valence-corrected chi connectivity index (χ3v) is 4.18. The van der Waals surface area contributed by atoms with Crippen LogP contribution in [-0.4, -0.2) is 15.5 Å². The topological polar surface area (TPSA) is 43.1 Å². The van der Waals surface area contributed by atoms with E-state index in [0.29, 0.717) is 4.90 Å². The molecule has 0 aromatic heterocycles. The monoisotopic (exact) mass is 229 g/mol. The molecule has 15 heavy (non-hydrogen) atoms. The third kappa shape index (κ3) is 3.11. The molecule has 0 bridgehead atoms. The van der Waals surface area contributed by atoms with Crippen LogP contribution in [-0.2, 0) is 10.8 Å². The molecule has 4 heteroatoms. The van der Waals surface area contributed by atoms with Gasteiger partial charge in [0.25, 0.3) is 0 Å². The smallest absolute Gasteiger partial charge is 0.124 e. The van der Waals surface area contributed by atoms with Crippen LogP contribution >= 0.6 is 0 Å². The zero-order valence-electron chi connectivity index (χ0n) is 8.94. The second-order valence-electron chi connectivity index (χ2n) is 3.53. The Balaban J connectivity index is 2.85. The van der Waals surface area contributed by atoms with Crippen molar-refractivity contribution < 1.29 is 8.60 Å². The predicted molar refractivity (Wildman–Crippen MR) is 60.5 cm³/mol. The lowest BCUT2D eigenvalue weighted by atomic mass is 10.2. The molecule has 0 saturated carbocycles. The fourth-order valence-electron chi connectivity index (χ4n) is 1.30. The first-order valence-electron chi connectivity index (χ1n) is 4.98. The Morgan fingerprint density at radius 3 is 2.73 bits per heavy atom. The van der Waals surface area contributed by atoms with Crippen molar-refractivity contribution in [1.29, 1.82) is 0 Å². The largest absolute Gasteiger partial charge is 0.327 e. The predicted octanol–water partition coefficient (Wildman–Crippen LogP) is 2.06. The molecule has 2 nitrogen and oxygen atoms in total. The average Bonchev–Trinajstić information content (AvgIpc) is 2.26. The maximum atomic E-state index is 12.9. The Kier molecular flexibility index (Phi) is 4.42. The summed E-state index contributed by atoms with van der Waals surface area (Å²) in [7, 11) is -1.23. The maximum absolute atomic E-state index is 12.9. The first-order chi connectivity index (χ1) is 7.06. The Morgan fingerprint density at radius 1 is 1.53 bits per heavy atom. The van der Waals surface area contributed by atoms with Gasteiger partial charge in [-0.3, -0.25) is 4.21 Å². The fraction of sp³-hybridized carbons (Fsp3) is 0.455. The Hall–Kier alpha value is -0.740. The summed E-state index contributed by atoms with van der Waals surface area (Å²) in [5.74, 6) is -0.363. The average molecular weight is 229 g/mol. The lowest BCUT2D eigenvalue weighted by Gasteiger charge is -2.17. The van der Waals surface area contributed by atoms with Crippen molar-refractivity contribution in [3.63, 3.8) is 0 Å². The van der Waals surface area contributed by atoms with Crippen LogP contribution in [0.1, 0.15) is 20.3 Å². The van der Waals surface area contributed by atoms with Gasteiger partial charge in [-0.15, -0.1) is 0 Å². The van der Waals surface area contributed by atoms with E-state index in [-0.39, 0.29) is 17.1 Å². The number of rotatable bonds is 4. The minimum atomic E-state index is -1.23. The van der Waals surface area contributed by atoms with Gasteiger partial charge in [0.05, 0.1) is 16.0 Å². The zero-order chi connectivity index (χ0) is 11.4. The number of hydrogen-bond donors (Lipinski definition) is 1. The van der Waals surface area contributed by atoms with Crippen molar-refractivity contribution in [2.45, 2.75) is 36.5 Å². The van der Waals surface area contributed by atoms with Crippen LogP contribution in [0.2, 0.25) is 0 Å². The summed E-state index contributed by atoms with van der Waals surface area (Å²) in [4.78, 5) is 0.506. The minimum absolute atomic E-state index is 0.117. The summed E-state index contributed by atoms with van der Waals surface area (Å²) >= 11 is 0. The zero-order valence-corrected chi connectivity index (χ0v) is 9.76. The first-order valence-corrected chi connectivity index (χ1v) is 6.19. The summed E-state index contributed by atoms with van der Waals surface area (Å²) in [6.45, 7) is 3.78. The SMILES string of the molecule is CCC(N)C(C)S(=O)c1cccc(F)c1. The molecular formula is C11H16FNOS. The van der Waals surface area contributed by atoms with Crippen LogP contribution in [0.5, 0.6) is 0 Å². The molecule has 0 amide bonds. The molecule has 1 aromatic rings. The summed E-state index contributed by atoms with van der Waals surface area (Å²) in [6.07, 6.45) is 0.766. The fourth-order valence-corrected chi connectivity index (χ4v) is 2.68. The first kappa shape index (κ1) is 12.3. The van der Waals surface area contributed by atoms with Crippen molar-refractivity contribution in [1.82, 2.24) is 0 Å². The molecule has 1 aromatic carbocycles. The quantitative estimate of drug-likeness (QED) is 0.858. The Labute approximate surface area is 92.1 Å². The highest BCUT2D eigenvalue weighted by atomic mass is 32.2. The number of benzene rings is 1. The van der Waals surface area contributed by atoms with Gasteiger partial charge in [0.15, 0.2) is 0 Å². The van der Waals surface area contributed by atoms with Gasteiger partial charge in [0.2, 0.25) is 0 Å². The molecule has 0 aliphatic heterocycles. The van der Waals surface area contributed by atoms with Gasteiger partial charge in [0, 0.05) is 10.9 Å². The summed E-state index contributed by atoms with van der Waals surface area (Å²) in [6, 6.07) is 5.75. The molecule has 3 atom stereocenters. The van der Waals surface area contributed by atoms with Crippen molar-refractivity contribution in [2.75, 3.05) is 0 Å². The Morgan fingerprint density at radius 2 is 2.20 bits per heavy atom. The van der Waals surface area contributed by atoms with Crippen molar-refractivity contribution in [3.8, 4) is 0 Å². The van der Waals surface area contributed by atoms with Crippen LogP contribution in [0.3, 0.4) is 0 Å². The van der Waals surface area contributed by atoms with Gasteiger partial charge in [0.1, 0.15) is 5.82 Å². The molecule has 0 radical (unpaired) electrons. The molecule has 1 rings (SSSR count). The molecule has 2 N–H and O–H groups in total. The maximum Gasteiger partial charge on any atom is 0.124 e. The normalized spacial score (nSPS) is 17.1. The van der Waals surface area contributed by atoms with Gasteiger partial charge in [-0.1, -0.05) is 13.0 Å². The lowest BCUT2D eigenvalue weighted by Crippen LogP contribution is -2.34. The summed E-state index contributed by atoms with van der Waals surface area (Å²) in [5, 5.41) is -0.156. The third-order valence-electron chi connectivity index (χ3n) is 2.44. The molecule has 0 fully saturated rings. The molecule has 0 heterocycles. The number of halogens is 1. The highest BCUT2D eigenvalue weighted by Gasteiger charge is 2.19. The van der Waals surface area contributed by atoms with Crippen LogP contribution in [0, 0.1) is 5.82 Å². The van der Waals surface area contributed by atoms with Crippen molar-refractivity contribution >= 4 is 10.8 Å². The van der Waals surface area contributed by atoms with E-state index in [4.69, 9.17) is 5.73 Å². The van der Waals surface area contributed by atoms with E-state index >= 15 is 0 Å². The van der Waals surface area contributed by atoms with Gasteiger partial charge >= 0.3 is 0 Å². The number of nitrogens with two attached hydrogens (primary N) is 1. The van der Waals surface area contributed by atoms with Gasteiger partial charge in [-0.25, -0.2) is 4.39 Å². The van der Waals surface area contributed by atoms with E-state index in [1.54, 1.807) is 12.1 Å². The van der Waals surface area contributed by atoms with Crippen LogP contribution in [0.15, 0.2) is 29.2 Å². The van der Waals surface area contributed by atoms with E-state index in [1.165, 1.54) is 12.1 Å². The van der Waals surface area contributed by atoms with E-state index in [9.17, 15) is 8.60 Å². The number of hydrogen-bond acceptors (Lipinski definition) is 2. The van der Waals surface area contributed by atoms with Gasteiger partial charge in [-0.05, 0) is 31.5 Å². The highest BCUT2D eigenvalue weighted by molar-refractivity contribution is 7.85. The van der Waals surface area contributed by atoms with Crippen LogP contribution in [0.4, 0.5) is 4.39 Å². The summed E-state index contributed by atoms with van der Waals surface area (Å²) < 4.78 is 24.9. The van der Waals surface area contributed by atoms with Crippen LogP contribution < -0.4 is 5.73 Å². The molecule has 0 aliphatic rings. The van der Waals surface area contributed by atoms with E-state index in [0.717, 1.165) is 6.42 Å². The minimum Gasteiger partial charge on any atom is -0.327 e.